The van der Waals surface area contributed by atoms with Gasteiger partial charge in [-0.15, -0.1) is 0 Å². The lowest BCUT2D eigenvalue weighted by Gasteiger charge is -2.19. The van der Waals surface area contributed by atoms with Gasteiger partial charge in [-0.2, -0.15) is 0 Å². The van der Waals surface area contributed by atoms with Gasteiger partial charge in [0.05, 0.1) is 9.50 Å². The van der Waals surface area contributed by atoms with E-state index in [1.165, 1.54) is 0 Å². The number of halogens is 2. The molecule has 2 nitrogen and oxygen atoms in total. The molecule has 0 aliphatic heterocycles. The third-order valence-corrected chi connectivity index (χ3v) is 2.41. The summed E-state index contributed by atoms with van der Waals surface area (Å²) in [5, 5.41) is 3.90. The first-order chi connectivity index (χ1) is 6.38. The van der Waals surface area contributed by atoms with Crippen molar-refractivity contribution in [2.75, 3.05) is 11.9 Å². The van der Waals surface area contributed by atoms with Gasteiger partial charge in [-0.25, -0.2) is 4.98 Å². The third kappa shape index (κ3) is 3.84. The van der Waals surface area contributed by atoms with Gasteiger partial charge < -0.3 is 5.32 Å². The molecule has 0 atom stereocenters. The molecule has 0 bridgehead atoms. The van der Waals surface area contributed by atoms with Crippen molar-refractivity contribution in [3.63, 3.8) is 0 Å². The predicted octanol–water partition coefficient (Wildman–Crippen LogP) is 3.96. The minimum Gasteiger partial charge on any atom is -0.369 e. The van der Waals surface area contributed by atoms with E-state index >= 15 is 0 Å². The highest BCUT2D eigenvalue weighted by atomic mass is 79.9. The average Bonchev–Trinajstić information content (AvgIpc) is 2.00. The number of hydrogen-bond acceptors (Lipinski definition) is 2. The fourth-order valence-corrected chi connectivity index (χ4v) is 1.67. The van der Waals surface area contributed by atoms with E-state index in [9.17, 15) is 0 Å². The van der Waals surface area contributed by atoms with Crippen LogP contribution in [-0.4, -0.2) is 11.5 Å². The van der Waals surface area contributed by atoms with Crippen LogP contribution in [0.1, 0.15) is 20.8 Å². The van der Waals surface area contributed by atoms with Gasteiger partial charge >= 0.3 is 0 Å². The quantitative estimate of drug-likeness (QED) is 0.885. The van der Waals surface area contributed by atoms with Gasteiger partial charge in [0.15, 0.2) is 0 Å². The van der Waals surface area contributed by atoms with E-state index in [0.29, 0.717) is 5.02 Å². The summed E-state index contributed by atoms with van der Waals surface area (Å²) < 4.78 is 0.897. The van der Waals surface area contributed by atoms with Crippen LogP contribution in [0.3, 0.4) is 0 Å². The van der Waals surface area contributed by atoms with Crippen LogP contribution in [0, 0.1) is 5.41 Å². The monoisotopic (exact) mass is 276 g/mol. The second kappa shape index (κ2) is 4.49. The normalized spacial score (nSPS) is 11.5. The molecule has 4 heteroatoms. The molecular formula is C10H14BrClN2. The molecule has 1 N–H and O–H groups in total. The lowest BCUT2D eigenvalue weighted by Crippen LogP contribution is -2.19. The van der Waals surface area contributed by atoms with Crippen molar-refractivity contribution >= 4 is 33.3 Å². The van der Waals surface area contributed by atoms with Crippen molar-refractivity contribution < 1.29 is 0 Å². The maximum atomic E-state index is 5.79. The lowest BCUT2D eigenvalue weighted by molar-refractivity contribution is 0.442. The topological polar surface area (TPSA) is 24.9 Å². The van der Waals surface area contributed by atoms with Gasteiger partial charge in [-0.3, -0.25) is 0 Å². The molecule has 0 unspecified atom stereocenters. The molecule has 0 saturated carbocycles. The van der Waals surface area contributed by atoms with E-state index < -0.39 is 0 Å². The molecule has 0 fully saturated rings. The number of rotatable bonds is 2. The molecule has 1 aromatic heterocycles. The van der Waals surface area contributed by atoms with Crippen LogP contribution in [0.5, 0.6) is 0 Å². The molecule has 0 spiro atoms. The highest BCUT2D eigenvalue weighted by Crippen LogP contribution is 2.24. The Kier molecular flexibility index (Phi) is 3.78. The standard InChI is InChI=1S/C10H14BrClN2/c1-10(2,3)6-14-9-8(11)4-7(12)5-13-9/h4-5H,6H2,1-3H3,(H,13,14). The maximum Gasteiger partial charge on any atom is 0.140 e. The molecule has 0 aliphatic carbocycles. The van der Waals surface area contributed by atoms with Gasteiger partial charge in [0.2, 0.25) is 0 Å². The van der Waals surface area contributed by atoms with Crippen LogP contribution in [-0.2, 0) is 0 Å². The third-order valence-electron chi connectivity index (χ3n) is 1.59. The molecule has 0 amide bonds. The van der Waals surface area contributed by atoms with Crippen LogP contribution in [0.4, 0.5) is 5.82 Å². The Morgan fingerprint density at radius 2 is 2.14 bits per heavy atom. The predicted molar refractivity (Wildman–Crippen MR) is 64.9 cm³/mol. The Balaban J connectivity index is 2.68. The minimum atomic E-state index is 0.237. The molecule has 0 aliphatic rings. The van der Waals surface area contributed by atoms with Gasteiger partial charge in [-0.05, 0) is 27.4 Å². The van der Waals surface area contributed by atoms with E-state index in [2.05, 4.69) is 47.0 Å². The number of nitrogens with zero attached hydrogens (tertiary/aromatic N) is 1. The van der Waals surface area contributed by atoms with Crippen molar-refractivity contribution in [2.45, 2.75) is 20.8 Å². The number of pyridine rings is 1. The Hall–Kier alpha value is -0.280. The van der Waals surface area contributed by atoms with Crippen LogP contribution in [0.15, 0.2) is 16.7 Å². The highest BCUT2D eigenvalue weighted by molar-refractivity contribution is 9.10. The zero-order valence-electron chi connectivity index (χ0n) is 8.56. The van der Waals surface area contributed by atoms with Crippen molar-refractivity contribution in [1.82, 2.24) is 4.98 Å². The first-order valence-electron chi connectivity index (χ1n) is 4.43. The molecule has 78 valence electrons. The minimum absolute atomic E-state index is 0.237. The summed E-state index contributed by atoms with van der Waals surface area (Å²) in [4.78, 5) is 4.19. The zero-order chi connectivity index (χ0) is 10.8. The van der Waals surface area contributed by atoms with Gasteiger partial charge in [0.1, 0.15) is 5.82 Å². The molecule has 1 aromatic rings. The Labute approximate surface area is 98.2 Å². The summed E-state index contributed by atoms with van der Waals surface area (Å²) in [5.74, 6) is 0.837. The van der Waals surface area contributed by atoms with Crippen molar-refractivity contribution in [2.24, 2.45) is 5.41 Å². The molecule has 0 saturated heterocycles. The van der Waals surface area contributed by atoms with E-state index in [0.717, 1.165) is 16.8 Å². The van der Waals surface area contributed by atoms with Crippen molar-refractivity contribution in [3.05, 3.63) is 21.8 Å². The van der Waals surface area contributed by atoms with Crippen LogP contribution in [0.25, 0.3) is 0 Å². The molecular weight excluding hydrogens is 263 g/mol. The van der Waals surface area contributed by atoms with Gasteiger partial charge in [0.25, 0.3) is 0 Å². The number of anilines is 1. The summed E-state index contributed by atoms with van der Waals surface area (Å²) in [7, 11) is 0. The molecule has 14 heavy (non-hydrogen) atoms. The van der Waals surface area contributed by atoms with Crippen LogP contribution >= 0.6 is 27.5 Å². The van der Waals surface area contributed by atoms with Gasteiger partial charge in [0, 0.05) is 12.7 Å². The Morgan fingerprint density at radius 3 is 2.64 bits per heavy atom. The molecule has 0 radical (unpaired) electrons. The van der Waals surface area contributed by atoms with E-state index in [1.54, 1.807) is 6.20 Å². The summed E-state index contributed by atoms with van der Waals surface area (Å²) in [5.41, 5.74) is 0.237. The van der Waals surface area contributed by atoms with E-state index in [-0.39, 0.29) is 5.41 Å². The lowest BCUT2D eigenvalue weighted by atomic mass is 9.97. The first-order valence-corrected chi connectivity index (χ1v) is 5.60. The first kappa shape index (κ1) is 11.8. The van der Waals surface area contributed by atoms with Crippen LogP contribution < -0.4 is 5.32 Å². The molecule has 1 rings (SSSR count). The number of aromatic nitrogens is 1. The Bertz CT molecular complexity index is 320. The van der Waals surface area contributed by atoms with E-state index in [4.69, 9.17) is 11.6 Å². The van der Waals surface area contributed by atoms with Crippen molar-refractivity contribution in [1.29, 1.82) is 0 Å². The largest absolute Gasteiger partial charge is 0.369 e. The second-order valence-corrected chi connectivity index (χ2v) is 5.69. The SMILES string of the molecule is CC(C)(C)CNc1ncc(Cl)cc1Br. The molecule has 0 aromatic carbocycles. The number of hydrogen-bond donors (Lipinski definition) is 1. The fraction of sp³-hybridized carbons (Fsp3) is 0.500. The average molecular weight is 278 g/mol. The number of nitrogens with one attached hydrogen (secondary N) is 1. The fourth-order valence-electron chi connectivity index (χ4n) is 0.894. The summed E-state index contributed by atoms with van der Waals surface area (Å²) >= 11 is 9.19. The summed E-state index contributed by atoms with van der Waals surface area (Å²) in [6.07, 6.45) is 1.64. The van der Waals surface area contributed by atoms with Crippen LogP contribution in [0.2, 0.25) is 5.02 Å². The summed E-state index contributed by atoms with van der Waals surface area (Å²) in [6, 6.07) is 1.83. The maximum absolute atomic E-state index is 5.79. The zero-order valence-corrected chi connectivity index (χ0v) is 10.9. The highest BCUT2D eigenvalue weighted by Gasteiger charge is 2.11. The Morgan fingerprint density at radius 1 is 1.50 bits per heavy atom. The van der Waals surface area contributed by atoms with E-state index in [1.807, 2.05) is 6.07 Å². The smallest absolute Gasteiger partial charge is 0.140 e. The van der Waals surface area contributed by atoms with Gasteiger partial charge in [-0.1, -0.05) is 32.4 Å². The summed E-state index contributed by atoms with van der Waals surface area (Å²) in [6.45, 7) is 7.39. The second-order valence-electron chi connectivity index (χ2n) is 4.40. The molecule has 1 heterocycles. The van der Waals surface area contributed by atoms with Crippen molar-refractivity contribution in [3.8, 4) is 0 Å².